The molecule has 25 heavy (non-hydrogen) atoms. The Morgan fingerprint density at radius 1 is 1.32 bits per heavy atom. The maximum Gasteiger partial charge on any atom is 0.408 e. The van der Waals surface area contributed by atoms with E-state index in [-0.39, 0.29) is 33.9 Å². The fourth-order valence-electron chi connectivity index (χ4n) is 5.83. The van der Waals surface area contributed by atoms with Crippen LogP contribution in [0.15, 0.2) is 0 Å². The summed E-state index contributed by atoms with van der Waals surface area (Å²) in [4.78, 5) is 37.9. The van der Waals surface area contributed by atoms with Crippen LogP contribution < -0.4 is 5.32 Å². The number of thioether (sulfide) groups is 1. The molecule has 1 N–H and O–H groups in total. The van der Waals surface area contributed by atoms with Gasteiger partial charge in [-0.15, -0.1) is 0 Å². The average Bonchev–Trinajstić information content (AvgIpc) is 2.95. The van der Waals surface area contributed by atoms with Crippen molar-refractivity contribution in [2.45, 2.75) is 64.0 Å². The van der Waals surface area contributed by atoms with Crippen molar-refractivity contribution in [3.05, 3.63) is 0 Å². The van der Waals surface area contributed by atoms with E-state index in [1.807, 2.05) is 20.8 Å². The normalized spacial score (nSPS) is 39.4. The Kier molecular flexibility index (Phi) is 3.70. The van der Waals surface area contributed by atoms with E-state index in [1.54, 1.807) is 0 Å². The number of hydrogen-bond donors (Lipinski definition) is 1. The molecular weight excluding hydrogens is 340 g/mol. The summed E-state index contributed by atoms with van der Waals surface area (Å²) in [7, 11) is 0. The van der Waals surface area contributed by atoms with Gasteiger partial charge in [0.1, 0.15) is 5.60 Å². The third-order valence-electron chi connectivity index (χ3n) is 6.23. The average molecular weight is 366 g/mol. The minimum absolute atomic E-state index is 0.0307. The standard InChI is InChI=1S/C18H26N2O4S/c1-16(2,3)24-14(22)19-18-6-11-4-12(18)7-17(5-11,9-18)10-20-13(21)8-25-15(20)23/h11-12H,4-10H2,1-3H3,(H,19,22). The zero-order chi connectivity index (χ0) is 18.0. The molecule has 1 heterocycles. The van der Waals surface area contributed by atoms with Gasteiger partial charge in [0.2, 0.25) is 5.91 Å². The van der Waals surface area contributed by atoms with Crippen molar-refractivity contribution >= 4 is 29.0 Å². The summed E-state index contributed by atoms with van der Waals surface area (Å²) in [6, 6.07) is 0. The van der Waals surface area contributed by atoms with Crippen LogP contribution in [-0.4, -0.2) is 45.6 Å². The summed E-state index contributed by atoms with van der Waals surface area (Å²) in [5, 5.41) is 3.07. The molecule has 4 unspecified atom stereocenters. The summed E-state index contributed by atoms with van der Waals surface area (Å²) in [6.07, 6.45) is 4.68. The Morgan fingerprint density at radius 2 is 2.08 bits per heavy atom. The third-order valence-corrected chi connectivity index (χ3v) is 7.09. The van der Waals surface area contributed by atoms with Gasteiger partial charge in [-0.1, -0.05) is 11.8 Å². The van der Waals surface area contributed by atoms with Gasteiger partial charge in [-0.3, -0.25) is 14.5 Å². The minimum atomic E-state index is -0.514. The molecule has 3 amide bonds. The fraction of sp³-hybridized carbons (Fsp3) is 0.833. The van der Waals surface area contributed by atoms with E-state index in [0.717, 1.165) is 43.9 Å². The van der Waals surface area contributed by atoms with E-state index in [2.05, 4.69) is 5.32 Å². The van der Waals surface area contributed by atoms with Crippen LogP contribution in [0.2, 0.25) is 0 Å². The number of hydrogen-bond acceptors (Lipinski definition) is 5. The van der Waals surface area contributed by atoms with Gasteiger partial charge in [-0.25, -0.2) is 4.79 Å². The van der Waals surface area contributed by atoms with Crippen molar-refractivity contribution in [2.75, 3.05) is 12.3 Å². The number of carbonyl (C=O) groups is 3. The zero-order valence-electron chi connectivity index (χ0n) is 15.1. The Bertz CT molecular complexity index is 629. The predicted molar refractivity (Wildman–Crippen MR) is 94.2 cm³/mol. The van der Waals surface area contributed by atoms with E-state index < -0.39 is 5.60 Å². The van der Waals surface area contributed by atoms with Crippen LogP contribution in [0.25, 0.3) is 0 Å². The van der Waals surface area contributed by atoms with Crippen LogP contribution in [-0.2, 0) is 9.53 Å². The van der Waals surface area contributed by atoms with E-state index in [0.29, 0.717) is 18.4 Å². The second-order valence-electron chi connectivity index (χ2n) is 9.41. The van der Waals surface area contributed by atoms with Crippen LogP contribution >= 0.6 is 11.8 Å². The molecule has 5 rings (SSSR count). The predicted octanol–water partition coefficient (Wildman–Crippen LogP) is 3.16. The number of nitrogens with zero attached hydrogens (tertiary/aromatic N) is 1. The highest BCUT2D eigenvalue weighted by atomic mass is 32.2. The second-order valence-corrected chi connectivity index (χ2v) is 10.3. The number of amides is 3. The van der Waals surface area contributed by atoms with Crippen molar-refractivity contribution in [1.82, 2.24) is 10.2 Å². The molecule has 4 saturated carbocycles. The molecule has 0 radical (unpaired) electrons. The molecule has 138 valence electrons. The van der Waals surface area contributed by atoms with Gasteiger partial charge in [0, 0.05) is 12.1 Å². The van der Waals surface area contributed by atoms with E-state index in [4.69, 9.17) is 4.74 Å². The van der Waals surface area contributed by atoms with E-state index in [9.17, 15) is 14.4 Å². The Labute approximate surface area is 152 Å². The van der Waals surface area contributed by atoms with Crippen molar-refractivity contribution < 1.29 is 19.1 Å². The molecule has 1 aliphatic heterocycles. The number of carbonyl (C=O) groups excluding carboxylic acids is 3. The zero-order valence-corrected chi connectivity index (χ0v) is 15.9. The summed E-state index contributed by atoms with van der Waals surface area (Å²) in [6.45, 7) is 6.12. The summed E-state index contributed by atoms with van der Waals surface area (Å²) >= 11 is 1.10. The Hall–Kier alpha value is -1.24. The van der Waals surface area contributed by atoms with Crippen LogP contribution in [0.1, 0.15) is 52.9 Å². The molecule has 4 aliphatic carbocycles. The molecule has 5 fully saturated rings. The molecule has 7 heteroatoms. The lowest BCUT2D eigenvalue weighted by molar-refractivity contribution is -0.126. The van der Waals surface area contributed by atoms with Gasteiger partial charge in [0.15, 0.2) is 0 Å². The summed E-state index contributed by atoms with van der Waals surface area (Å²) in [5.74, 6) is 1.20. The first-order valence-electron chi connectivity index (χ1n) is 9.08. The lowest BCUT2D eigenvalue weighted by Gasteiger charge is -2.42. The largest absolute Gasteiger partial charge is 0.444 e. The lowest BCUT2D eigenvalue weighted by Crippen LogP contribution is -2.52. The molecule has 4 bridgehead atoms. The number of nitrogens with one attached hydrogen (secondary N) is 1. The third kappa shape index (κ3) is 2.94. The molecule has 4 atom stereocenters. The van der Waals surface area contributed by atoms with Gasteiger partial charge < -0.3 is 10.1 Å². The molecule has 0 aromatic heterocycles. The summed E-state index contributed by atoms with van der Waals surface area (Å²) < 4.78 is 5.48. The van der Waals surface area contributed by atoms with E-state index >= 15 is 0 Å². The minimum Gasteiger partial charge on any atom is -0.444 e. The number of ether oxygens (including phenoxy) is 1. The molecule has 1 saturated heterocycles. The molecule has 0 aromatic rings. The van der Waals surface area contributed by atoms with Crippen LogP contribution in [0.5, 0.6) is 0 Å². The first-order valence-corrected chi connectivity index (χ1v) is 10.1. The summed E-state index contributed by atoms with van der Waals surface area (Å²) in [5.41, 5.74) is -0.763. The SMILES string of the molecule is CC(C)(C)OC(=O)NC12CC3CC1CC(CN1C(=O)CSC1=O)(C3)C2. The molecule has 0 spiro atoms. The first-order chi connectivity index (χ1) is 11.6. The molecule has 5 aliphatic rings. The van der Waals surface area contributed by atoms with Crippen LogP contribution in [0.3, 0.4) is 0 Å². The Morgan fingerprint density at radius 3 is 2.72 bits per heavy atom. The van der Waals surface area contributed by atoms with Gasteiger partial charge in [-0.05, 0) is 70.1 Å². The molecular formula is C18H26N2O4S. The van der Waals surface area contributed by atoms with Crippen molar-refractivity contribution in [1.29, 1.82) is 0 Å². The highest BCUT2D eigenvalue weighted by molar-refractivity contribution is 8.14. The Balaban J connectivity index is 1.50. The van der Waals surface area contributed by atoms with Gasteiger partial charge in [0.05, 0.1) is 5.75 Å². The van der Waals surface area contributed by atoms with Gasteiger partial charge in [-0.2, -0.15) is 0 Å². The van der Waals surface area contributed by atoms with E-state index in [1.165, 1.54) is 4.90 Å². The van der Waals surface area contributed by atoms with Crippen molar-refractivity contribution in [2.24, 2.45) is 17.3 Å². The maximum atomic E-state index is 12.4. The van der Waals surface area contributed by atoms with Crippen LogP contribution in [0, 0.1) is 17.3 Å². The highest BCUT2D eigenvalue weighted by Crippen LogP contribution is 2.66. The fourth-order valence-corrected chi connectivity index (χ4v) is 6.56. The van der Waals surface area contributed by atoms with Gasteiger partial charge >= 0.3 is 6.09 Å². The van der Waals surface area contributed by atoms with Crippen molar-refractivity contribution in [3.8, 4) is 0 Å². The quantitative estimate of drug-likeness (QED) is 0.830. The number of rotatable bonds is 3. The molecule has 6 nitrogen and oxygen atoms in total. The number of imide groups is 1. The topological polar surface area (TPSA) is 75.7 Å². The van der Waals surface area contributed by atoms with Crippen molar-refractivity contribution in [3.63, 3.8) is 0 Å². The molecule has 0 aromatic carbocycles. The monoisotopic (exact) mass is 366 g/mol. The maximum absolute atomic E-state index is 12.4. The van der Waals surface area contributed by atoms with Crippen LogP contribution in [0.4, 0.5) is 9.59 Å². The van der Waals surface area contributed by atoms with Gasteiger partial charge in [0.25, 0.3) is 5.24 Å². The lowest BCUT2D eigenvalue weighted by atomic mass is 9.68. The second kappa shape index (κ2) is 5.38. The smallest absolute Gasteiger partial charge is 0.408 e. The highest BCUT2D eigenvalue weighted by Gasteiger charge is 2.65. The first kappa shape index (κ1) is 17.2. The number of alkyl carbamates (subject to hydrolysis) is 1.